The molecule has 0 spiro atoms. The largest absolute Gasteiger partial charge is 0.494 e. The van der Waals surface area contributed by atoms with Crippen molar-refractivity contribution in [2.75, 3.05) is 6.54 Å². The van der Waals surface area contributed by atoms with Crippen LogP contribution < -0.4 is 5.46 Å². The fourth-order valence-corrected chi connectivity index (χ4v) is 2.85. The molecule has 2 heterocycles. The van der Waals surface area contributed by atoms with Crippen LogP contribution in [-0.2, 0) is 15.9 Å². The minimum absolute atomic E-state index is 0.221. The monoisotopic (exact) mass is 339 g/mol. The van der Waals surface area contributed by atoms with Crippen molar-refractivity contribution in [1.29, 1.82) is 0 Å². The molecule has 3 nitrogen and oxygen atoms in total. The number of nitrogens with zero attached hydrogens (tertiary/aromatic N) is 1. The Morgan fingerprint density at radius 3 is 2.33 bits per heavy atom. The van der Waals surface area contributed by atoms with Crippen LogP contribution in [0.4, 0.5) is 13.2 Å². The van der Waals surface area contributed by atoms with Crippen LogP contribution in [0.15, 0.2) is 24.4 Å². The van der Waals surface area contributed by atoms with Gasteiger partial charge in [-0.1, -0.05) is 18.2 Å². The van der Waals surface area contributed by atoms with Crippen molar-refractivity contribution >= 4 is 18.7 Å². The van der Waals surface area contributed by atoms with Crippen molar-refractivity contribution in [3.05, 3.63) is 35.5 Å². The highest BCUT2D eigenvalue weighted by molar-refractivity contribution is 6.62. The number of hydrogen-bond donors (Lipinski definition) is 0. The minimum Gasteiger partial charge on any atom is -0.399 e. The van der Waals surface area contributed by atoms with Gasteiger partial charge in [0.15, 0.2) is 0 Å². The van der Waals surface area contributed by atoms with Crippen molar-refractivity contribution in [2.24, 2.45) is 0 Å². The smallest absolute Gasteiger partial charge is 0.399 e. The number of hydrogen-bond acceptors (Lipinski definition) is 3. The Bertz CT molecular complexity index is 654. The lowest BCUT2D eigenvalue weighted by molar-refractivity contribution is -0.141. The molecule has 2 aliphatic rings. The Balaban J connectivity index is 1.81. The fraction of sp³-hybridized carbons (Fsp3) is 0.529. The minimum atomic E-state index is -4.22. The van der Waals surface area contributed by atoms with Gasteiger partial charge in [-0.15, -0.1) is 0 Å². The first-order chi connectivity index (χ1) is 11.0. The Labute approximate surface area is 140 Å². The second kappa shape index (κ2) is 5.53. The molecule has 3 rings (SSSR count). The third kappa shape index (κ3) is 3.33. The molecular formula is C17H21BF3NO2. The number of benzene rings is 1. The van der Waals surface area contributed by atoms with Gasteiger partial charge in [0.1, 0.15) is 6.54 Å². The summed E-state index contributed by atoms with van der Waals surface area (Å²) in [6, 6.07) is 5.69. The zero-order chi connectivity index (χ0) is 17.8. The highest BCUT2D eigenvalue weighted by Crippen LogP contribution is 2.36. The van der Waals surface area contributed by atoms with E-state index in [0.717, 1.165) is 16.6 Å². The molecule has 7 heteroatoms. The highest BCUT2D eigenvalue weighted by atomic mass is 19.4. The molecule has 0 N–H and O–H groups in total. The lowest BCUT2D eigenvalue weighted by Crippen LogP contribution is -2.41. The molecule has 0 unspecified atom stereocenters. The molecule has 130 valence electrons. The summed E-state index contributed by atoms with van der Waals surface area (Å²) in [5.41, 5.74) is 1.70. The quantitative estimate of drug-likeness (QED) is 0.772. The second-order valence-corrected chi connectivity index (χ2v) is 7.38. The molecule has 1 aromatic carbocycles. The standard InChI is InChI=1S/C17H21BF3NO2/c1-15(2)16(3,4)24-18(23-15)14-6-5-12-7-8-22(10-13(12)9-14)11-17(19,20)21/h5-9H,10-11H2,1-4H3. The first-order valence-electron chi connectivity index (χ1n) is 7.94. The summed E-state index contributed by atoms with van der Waals surface area (Å²) >= 11 is 0. The van der Waals surface area contributed by atoms with Crippen LogP contribution >= 0.6 is 0 Å². The molecule has 1 fully saturated rings. The first kappa shape index (κ1) is 17.4. The molecule has 1 saturated heterocycles. The second-order valence-electron chi connectivity index (χ2n) is 7.38. The van der Waals surface area contributed by atoms with Gasteiger partial charge in [-0.2, -0.15) is 13.2 Å². The molecule has 2 aliphatic heterocycles. The normalized spacial score (nSPS) is 22.0. The van der Waals surface area contributed by atoms with Crippen LogP contribution in [0.1, 0.15) is 38.8 Å². The molecule has 0 saturated carbocycles. The number of halogens is 3. The average molecular weight is 339 g/mol. The number of fused-ring (bicyclic) bond motifs is 1. The summed E-state index contributed by atoms with van der Waals surface area (Å²) < 4.78 is 49.8. The van der Waals surface area contributed by atoms with E-state index < -0.39 is 31.0 Å². The van der Waals surface area contributed by atoms with E-state index in [1.54, 1.807) is 6.08 Å². The zero-order valence-electron chi connectivity index (χ0n) is 14.3. The highest BCUT2D eigenvalue weighted by Gasteiger charge is 2.51. The summed E-state index contributed by atoms with van der Waals surface area (Å²) in [7, 11) is -0.512. The predicted octanol–water partition coefficient (Wildman–Crippen LogP) is 3.33. The van der Waals surface area contributed by atoms with Crippen molar-refractivity contribution in [3.63, 3.8) is 0 Å². The molecule has 0 aromatic heterocycles. The van der Waals surface area contributed by atoms with Crippen molar-refractivity contribution in [3.8, 4) is 0 Å². The van der Waals surface area contributed by atoms with Gasteiger partial charge < -0.3 is 14.2 Å². The lowest BCUT2D eigenvalue weighted by Gasteiger charge is -2.32. The lowest BCUT2D eigenvalue weighted by atomic mass is 9.77. The van der Waals surface area contributed by atoms with Crippen LogP contribution in [0.3, 0.4) is 0 Å². The summed E-state index contributed by atoms with van der Waals surface area (Å²) in [4.78, 5) is 1.26. The number of rotatable bonds is 2. The van der Waals surface area contributed by atoms with E-state index in [2.05, 4.69) is 0 Å². The molecular weight excluding hydrogens is 318 g/mol. The van der Waals surface area contributed by atoms with Gasteiger partial charge in [-0.25, -0.2) is 0 Å². The van der Waals surface area contributed by atoms with E-state index in [1.165, 1.54) is 11.1 Å². The molecule has 0 bridgehead atoms. The summed E-state index contributed by atoms with van der Waals surface area (Å²) in [5, 5.41) is 0. The zero-order valence-corrected chi connectivity index (χ0v) is 14.3. The van der Waals surface area contributed by atoms with Gasteiger partial charge in [0.25, 0.3) is 0 Å². The van der Waals surface area contributed by atoms with Crippen LogP contribution in [0.2, 0.25) is 0 Å². The first-order valence-corrected chi connectivity index (χ1v) is 7.94. The Morgan fingerprint density at radius 2 is 1.75 bits per heavy atom. The van der Waals surface area contributed by atoms with Gasteiger partial charge in [0.05, 0.1) is 11.2 Å². The number of alkyl halides is 3. The maximum absolute atomic E-state index is 12.6. The van der Waals surface area contributed by atoms with Gasteiger partial charge in [-0.05, 0) is 50.4 Å². The average Bonchev–Trinajstić information content (AvgIpc) is 2.65. The summed E-state index contributed by atoms with van der Waals surface area (Å²) in [6.45, 7) is 7.15. The molecule has 0 atom stereocenters. The summed E-state index contributed by atoms with van der Waals surface area (Å²) in [6.07, 6.45) is -1.02. The maximum atomic E-state index is 12.6. The topological polar surface area (TPSA) is 21.7 Å². The molecule has 0 radical (unpaired) electrons. The van der Waals surface area contributed by atoms with Crippen LogP contribution in [0.25, 0.3) is 6.08 Å². The SMILES string of the molecule is CC1(C)OB(c2ccc3c(c2)CN(CC(F)(F)F)C=C3)OC1(C)C. The van der Waals surface area contributed by atoms with E-state index in [9.17, 15) is 13.2 Å². The maximum Gasteiger partial charge on any atom is 0.494 e. The molecule has 24 heavy (non-hydrogen) atoms. The van der Waals surface area contributed by atoms with Crippen LogP contribution in [0.5, 0.6) is 0 Å². The third-order valence-corrected chi connectivity index (χ3v) is 4.91. The van der Waals surface area contributed by atoms with E-state index in [0.29, 0.717) is 0 Å². The third-order valence-electron chi connectivity index (χ3n) is 4.91. The van der Waals surface area contributed by atoms with E-state index in [4.69, 9.17) is 9.31 Å². The fourth-order valence-electron chi connectivity index (χ4n) is 2.85. The van der Waals surface area contributed by atoms with E-state index in [-0.39, 0.29) is 6.54 Å². The molecule has 1 aromatic rings. The van der Waals surface area contributed by atoms with Gasteiger partial charge in [0.2, 0.25) is 0 Å². The van der Waals surface area contributed by atoms with Crippen molar-refractivity contribution in [2.45, 2.75) is 51.6 Å². The van der Waals surface area contributed by atoms with E-state index >= 15 is 0 Å². The van der Waals surface area contributed by atoms with Gasteiger partial charge >= 0.3 is 13.3 Å². The summed E-state index contributed by atoms with van der Waals surface area (Å²) in [5.74, 6) is 0. The van der Waals surface area contributed by atoms with E-state index in [1.807, 2.05) is 45.9 Å². The predicted molar refractivity (Wildman–Crippen MR) is 87.7 cm³/mol. The molecule has 0 amide bonds. The van der Waals surface area contributed by atoms with Crippen molar-refractivity contribution < 1.29 is 22.5 Å². The van der Waals surface area contributed by atoms with Crippen LogP contribution in [0, 0.1) is 0 Å². The Hall–Kier alpha value is -1.47. The Morgan fingerprint density at radius 1 is 1.12 bits per heavy atom. The van der Waals surface area contributed by atoms with Crippen LogP contribution in [-0.4, -0.2) is 35.9 Å². The Kier molecular flexibility index (Phi) is 4.00. The molecule has 0 aliphatic carbocycles. The van der Waals surface area contributed by atoms with Crippen molar-refractivity contribution in [1.82, 2.24) is 4.90 Å². The van der Waals surface area contributed by atoms with Gasteiger partial charge in [-0.3, -0.25) is 0 Å². The van der Waals surface area contributed by atoms with Gasteiger partial charge in [0, 0.05) is 12.7 Å².